The Hall–Kier alpha value is -1.42. The molecular formula is C13H17FN2O. The van der Waals surface area contributed by atoms with E-state index in [1.54, 1.807) is 12.1 Å². The summed E-state index contributed by atoms with van der Waals surface area (Å²) in [6.45, 7) is 2.24. The van der Waals surface area contributed by atoms with E-state index in [9.17, 15) is 9.18 Å². The number of hydrogen-bond donors (Lipinski definition) is 2. The van der Waals surface area contributed by atoms with Gasteiger partial charge in [0.15, 0.2) is 0 Å². The van der Waals surface area contributed by atoms with Crippen LogP contribution in [0.1, 0.15) is 35.2 Å². The smallest absolute Gasteiger partial charge is 0.254 e. The third-order valence-electron chi connectivity index (χ3n) is 3.45. The van der Waals surface area contributed by atoms with Gasteiger partial charge in [0, 0.05) is 6.54 Å². The SMILES string of the molecule is Cc1ccc(F)c(C(=O)NC2(CN)CCC2)c1. The standard InChI is InChI=1S/C13H17FN2O/c1-9-3-4-11(14)10(7-9)12(17)16-13(8-15)5-2-6-13/h3-4,7H,2,5-6,8,15H2,1H3,(H,16,17). The summed E-state index contributed by atoms with van der Waals surface area (Å²) in [7, 11) is 0. The summed E-state index contributed by atoms with van der Waals surface area (Å²) in [4.78, 5) is 12.0. The molecular weight excluding hydrogens is 219 g/mol. The van der Waals surface area contributed by atoms with E-state index in [1.165, 1.54) is 6.07 Å². The fourth-order valence-electron chi connectivity index (χ4n) is 2.10. The fourth-order valence-corrected chi connectivity index (χ4v) is 2.10. The second-order valence-corrected chi connectivity index (χ2v) is 4.78. The molecule has 0 heterocycles. The third-order valence-corrected chi connectivity index (χ3v) is 3.45. The lowest BCUT2D eigenvalue weighted by Crippen LogP contribution is -2.58. The lowest BCUT2D eigenvalue weighted by molar-refractivity contribution is 0.0833. The molecule has 0 bridgehead atoms. The maximum atomic E-state index is 13.5. The highest BCUT2D eigenvalue weighted by molar-refractivity contribution is 5.95. The van der Waals surface area contributed by atoms with Gasteiger partial charge in [0.25, 0.3) is 5.91 Å². The van der Waals surface area contributed by atoms with Crippen LogP contribution in [-0.2, 0) is 0 Å². The molecule has 1 saturated carbocycles. The van der Waals surface area contributed by atoms with Crippen LogP contribution in [0, 0.1) is 12.7 Å². The number of nitrogens with one attached hydrogen (secondary N) is 1. The summed E-state index contributed by atoms with van der Waals surface area (Å²) in [6.07, 6.45) is 2.82. The van der Waals surface area contributed by atoms with Crippen LogP contribution in [-0.4, -0.2) is 18.0 Å². The van der Waals surface area contributed by atoms with Crippen molar-refractivity contribution in [2.45, 2.75) is 31.7 Å². The van der Waals surface area contributed by atoms with Crippen molar-refractivity contribution < 1.29 is 9.18 Å². The van der Waals surface area contributed by atoms with Crippen molar-refractivity contribution in [2.24, 2.45) is 5.73 Å². The van der Waals surface area contributed by atoms with Gasteiger partial charge in [-0.05, 0) is 38.3 Å². The Labute approximate surface area is 100 Å². The molecule has 0 radical (unpaired) electrons. The van der Waals surface area contributed by atoms with Gasteiger partial charge in [0.1, 0.15) is 5.82 Å². The highest BCUT2D eigenvalue weighted by Gasteiger charge is 2.37. The molecule has 3 N–H and O–H groups in total. The molecule has 1 aromatic carbocycles. The van der Waals surface area contributed by atoms with Crippen molar-refractivity contribution >= 4 is 5.91 Å². The maximum Gasteiger partial charge on any atom is 0.254 e. The van der Waals surface area contributed by atoms with Crippen LogP contribution in [0.5, 0.6) is 0 Å². The molecule has 0 unspecified atom stereocenters. The molecule has 1 aliphatic carbocycles. The van der Waals surface area contributed by atoms with Gasteiger partial charge in [-0.3, -0.25) is 4.79 Å². The summed E-state index contributed by atoms with van der Waals surface area (Å²) in [5.74, 6) is -0.851. The predicted octanol–water partition coefficient (Wildman–Crippen LogP) is 1.75. The molecule has 1 aliphatic rings. The molecule has 3 nitrogen and oxygen atoms in total. The minimum Gasteiger partial charge on any atom is -0.345 e. The normalized spacial score (nSPS) is 17.4. The quantitative estimate of drug-likeness (QED) is 0.840. The maximum absolute atomic E-state index is 13.5. The molecule has 4 heteroatoms. The van der Waals surface area contributed by atoms with Gasteiger partial charge in [-0.25, -0.2) is 4.39 Å². The van der Waals surface area contributed by atoms with Gasteiger partial charge in [0.2, 0.25) is 0 Å². The van der Waals surface area contributed by atoms with Crippen molar-refractivity contribution in [1.29, 1.82) is 0 Å². The monoisotopic (exact) mass is 236 g/mol. The number of nitrogens with two attached hydrogens (primary N) is 1. The minimum atomic E-state index is -0.486. The van der Waals surface area contributed by atoms with Gasteiger partial charge in [-0.1, -0.05) is 11.6 Å². The summed E-state index contributed by atoms with van der Waals surface area (Å²) in [5, 5.41) is 2.86. The van der Waals surface area contributed by atoms with Gasteiger partial charge >= 0.3 is 0 Å². The van der Waals surface area contributed by atoms with Crippen molar-refractivity contribution in [3.63, 3.8) is 0 Å². The van der Waals surface area contributed by atoms with E-state index >= 15 is 0 Å². The second-order valence-electron chi connectivity index (χ2n) is 4.78. The molecule has 1 aromatic rings. The number of hydrogen-bond acceptors (Lipinski definition) is 2. The van der Waals surface area contributed by atoms with Crippen molar-refractivity contribution in [2.75, 3.05) is 6.54 Å². The molecule has 0 saturated heterocycles. The van der Waals surface area contributed by atoms with Gasteiger partial charge in [-0.2, -0.15) is 0 Å². The lowest BCUT2D eigenvalue weighted by atomic mass is 9.76. The third kappa shape index (κ3) is 2.31. The Morgan fingerprint density at radius 1 is 1.53 bits per heavy atom. The molecule has 2 rings (SSSR count). The van der Waals surface area contributed by atoms with Crippen LogP contribution >= 0.6 is 0 Å². The first-order valence-electron chi connectivity index (χ1n) is 5.85. The Kier molecular flexibility index (Phi) is 3.15. The highest BCUT2D eigenvalue weighted by atomic mass is 19.1. The fraction of sp³-hybridized carbons (Fsp3) is 0.462. The molecule has 0 spiro atoms. The summed E-state index contributed by atoms with van der Waals surface area (Å²) < 4.78 is 13.5. The zero-order chi connectivity index (χ0) is 12.5. The predicted molar refractivity (Wildman–Crippen MR) is 64.2 cm³/mol. The average Bonchev–Trinajstić information content (AvgIpc) is 2.26. The zero-order valence-corrected chi connectivity index (χ0v) is 9.92. The van der Waals surface area contributed by atoms with Crippen molar-refractivity contribution in [3.8, 4) is 0 Å². The molecule has 1 fully saturated rings. The molecule has 0 aromatic heterocycles. The van der Waals surface area contributed by atoms with Crippen molar-refractivity contribution in [3.05, 3.63) is 35.1 Å². The zero-order valence-electron chi connectivity index (χ0n) is 9.92. The molecule has 92 valence electrons. The number of halogens is 1. The van der Waals surface area contributed by atoms with Crippen LogP contribution in [0.25, 0.3) is 0 Å². The van der Waals surface area contributed by atoms with Crippen LogP contribution < -0.4 is 11.1 Å². The number of carbonyl (C=O) groups excluding carboxylic acids is 1. The second kappa shape index (κ2) is 4.45. The Bertz CT molecular complexity index is 436. The van der Waals surface area contributed by atoms with E-state index in [0.29, 0.717) is 6.54 Å². The number of carbonyl (C=O) groups is 1. The van der Waals surface area contributed by atoms with Gasteiger partial charge in [-0.15, -0.1) is 0 Å². The largest absolute Gasteiger partial charge is 0.345 e. The summed E-state index contributed by atoms with van der Waals surface area (Å²) in [5.41, 5.74) is 6.31. The summed E-state index contributed by atoms with van der Waals surface area (Å²) in [6, 6.07) is 4.53. The number of benzene rings is 1. The van der Waals surface area contributed by atoms with Crippen LogP contribution in [0.15, 0.2) is 18.2 Å². The van der Waals surface area contributed by atoms with E-state index in [2.05, 4.69) is 5.32 Å². The van der Waals surface area contributed by atoms with E-state index in [0.717, 1.165) is 24.8 Å². The number of amides is 1. The Morgan fingerprint density at radius 2 is 2.24 bits per heavy atom. The first kappa shape index (κ1) is 12.0. The molecule has 17 heavy (non-hydrogen) atoms. The van der Waals surface area contributed by atoms with Gasteiger partial charge < -0.3 is 11.1 Å². The lowest BCUT2D eigenvalue weighted by Gasteiger charge is -2.41. The highest BCUT2D eigenvalue weighted by Crippen LogP contribution is 2.31. The Balaban J connectivity index is 2.17. The van der Waals surface area contributed by atoms with E-state index in [4.69, 9.17) is 5.73 Å². The van der Waals surface area contributed by atoms with E-state index < -0.39 is 5.82 Å². The first-order valence-corrected chi connectivity index (χ1v) is 5.85. The summed E-state index contributed by atoms with van der Waals surface area (Å²) >= 11 is 0. The first-order chi connectivity index (χ1) is 8.06. The van der Waals surface area contributed by atoms with E-state index in [-0.39, 0.29) is 17.0 Å². The van der Waals surface area contributed by atoms with Crippen molar-refractivity contribution in [1.82, 2.24) is 5.32 Å². The molecule has 0 atom stereocenters. The Morgan fingerprint density at radius 3 is 2.76 bits per heavy atom. The topological polar surface area (TPSA) is 55.1 Å². The number of rotatable bonds is 3. The van der Waals surface area contributed by atoms with Crippen LogP contribution in [0.2, 0.25) is 0 Å². The number of aryl methyl sites for hydroxylation is 1. The van der Waals surface area contributed by atoms with E-state index in [1.807, 2.05) is 6.92 Å². The van der Waals surface area contributed by atoms with Crippen LogP contribution in [0.4, 0.5) is 4.39 Å². The molecule has 1 amide bonds. The van der Waals surface area contributed by atoms with Crippen LogP contribution in [0.3, 0.4) is 0 Å². The van der Waals surface area contributed by atoms with Gasteiger partial charge in [0.05, 0.1) is 11.1 Å². The molecule has 0 aliphatic heterocycles. The minimum absolute atomic E-state index is 0.102. The average molecular weight is 236 g/mol.